The van der Waals surface area contributed by atoms with Crippen LogP contribution in [0.2, 0.25) is 5.02 Å². The molecule has 0 aromatic heterocycles. The van der Waals surface area contributed by atoms with Gasteiger partial charge in [0.25, 0.3) is 0 Å². The van der Waals surface area contributed by atoms with Crippen LogP contribution in [0.3, 0.4) is 0 Å². The van der Waals surface area contributed by atoms with Gasteiger partial charge >= 0.3 is 6.18 Å². The zero-order chi connectivity index (χ0) is 72.8. The number of rotatable bonds is 11. The van der Waals surface area contributed by atoms with Crippen molar-refractivity contribution < 1.29 is 70.7 Å². The first kappa shape index (κ1) is 79.9. The molecule has 24 nitrogen and oxygen atoms in total. The van der Waals surface area contributed by atoms with Crippen LogP contribution in [-0.2, 0) is 70.1 Å². The molecule has 548 valence electrons. The van der Waals surface area contributed by atoms with Crippen LogP contribution in [0, 0.1) is 23.7 Å². The fourth-order valence-corrected chi connectivity index (χ4v) is 15.0. The number of benzene rings is 1. The Morgan fingerprint density at radius 1 is 0.622 bits per heavy atom. The van der Waals surface area contributed by atoms with Crippen LogP contribution in [0.1, 0.15) is 175 Å². The maximum Gasteiger partial charge on any atom is 0.417 e. The van der Waals surface area contributed by atoms with Crippen molar-refractivity contribution in [3.05, 3.63) is 34.3 Å². The highest BCUT2D eigenvalue weighted by atomic mass is 35.5. The van der Waals surface area contributed by atoms with Crippen LogP contribution in [0.15, 0.2) is 18.2 Å². The molecule has 0 bridgehead atoms. The van der Waals surface area contributed by atoms with Gasteiger partial charge in [-0.15, -0.1) is 0 Å². The lowest BCUT2D eigenvalue weighted by Gasteiger charge is -2.43. The van der Waals surface area contributed by atoms with E-state index < -0.39 is 179 Å². The van der Waals surface area contributed by atoms with Crippen molar-refractivity contribution in [1.82, 2.24) is 60.0 Å². The lowest BCUT2D eigenvalue weighted by molar-refractivity contribution is -0.157. The van der Waals surface area contributed by atoms with E-state index in [4.69, 9.17) is 11.6 Å². The van der Waals surface area contributed by atoms with Crippen LogP contribution in [0.25, 0.3) is 0 Å². The number of amides is 12. The van der Waals surface area contributed by atoms with Gasteiger partial charge in [0.05, 0.1) is 36.6 Å². The van der Waals surface area contributed by atoms with Gasteiger partial charge in [-0.25, -0.2) is 0 Å². The summed E-state index contributed by atoms with van der Waals surface area (Å²) < 4.78 is 41.5. The van der Waals surface area contributed by atoms with Gasteiger partial charge in [-0.2, -0.15) is 13.2 Å². The number of likely N-dealkylation sites (tertiary alicyclic amines) is 1. The van der Waals surface area contributed by atoms with E-state index >= 15 is 28.8 Å². The van der Waals surface area contributed by atoms with E-state index in [0.29, 0.717) is 76.4 Å². The van der Waals surface area contributed by atoms with Crippen LogP contribution < -0.4 is 16.0 Å². The predicted octanol–water partition coefficient (Wildman–Crippen LogP) is 5.50. The molecule has 1 aromatic carbocycles. The Balaban J connectivity index is 1.44. The van der Waals surface area contributed by atoms with Gasteiger partial charge in [0.1, 0.15) is 47.8 Å². The van der Waals surface area contributed by atoms with Crippen LogP contribution >= 0.6 is 11.6 Å². The minimum Gasteiger partial charge on any atom is -0.343 e. The summed E-state index contributed by atoms with van der Waals surface area (Å²) in [5, 5.41) is 8.12. The molecule has 6 rings (SSSR count). The Morgan fingerprint density at radius 2 is 1.22 bits per heavy atom. The highest BCUT2D eigenvalue weighted by molar-refractivity contribution is 6.31. The number of nitrogens with zero attached hydrogens (tertiary/aromatic N) is 9. The van der Waals surface area contributed by atoms with Crippen molar-refractivity contribution in [2.75, 3.05) is 88.6 Å². The first-order valence-corrected chi connectivity index (χ1v) is 35.6. The number of aryl methyl sites for hydroxylation is 1. The van der Waals surface area contributed by atoms with Gasteiger partial charge in [0.15, 0.2) is 0 Å². The highest BCUT2D eigenvalue weighted by Gasteiger charge is 2.51. The lowest BCUT2D eigenvalue weighted by Crippen LogP contribution is -2.65. The van der Waals surface area contributed by atoms with E-state index in [2.05, 4.69) is 16.0 Å². The van der Waals surface area contributed by atoms with Crippen molar-refractivity contribution in [3.8, 4) is 0 Å². The van der Waals surface area contributed by atoms with E-state index in [9.17, 15) is 41.9 Å². The number of likely N-dealkylation sites (N-methyl/N-ethyl adjacent to an activating group) is 7. The van der Waals surface area contributed by atoms with Crippen molar-refractivity contribution in [2.24, 2.45) is 23.7 Å². The summed E-state index contributed by atoms with van der Waals surface area (Å²) >= 11 is 6.14. The van der Waals surface area contributed by atoms with Crippen LogP contribution in [0.4, 0.5) is 13.2 Å². The lowest BCUT2D eigenvalue weighted by atomic mass is 9.81. The fourth-order valence-electron chi connectivity index (χ4n) is 14.7. The first-order valence-electron chi connectivity index (χ1n) is 35.2. The topological polar surface area (TPSA) is 270 Å². The number of carbonyl (C=O) groups excluding carboxylic acids is 12. The van der Waals surface area contributed by atoms with Crippen molar-refractivity contribution >= 4 is 82.5 Å². The molecule has 1 aromatic rings. The molecular formula is C70H108ClF3N12O12. The number of carbonyl (C=O) groups is 12. The number of hydrogen-bond donors (Lipinski definition) is 3. The fraction of sp³-hybridized carbons (Fsp3) is 0.743. The highest BCUT2D eigenvalue weighted by Crippen LogP contribution is 2.38. The molecule has 3 aliphatic heterocycles. The molecular weight excluding hydrogens is 1290 g/mol. The van der Waals surface area contributed by atoms with Gasteiger partial charge in [-0.1, -0.05) is 104 Å². The average Bonchev–Trinajstić information content (AvgIpc) is 1.31. The van der Waals surface area contributed by atoms with Gasteiger partial charge in [0, 0.05) is 69.0 Å². The predicted molar refractivity (Wildman–Crippen MR) is 362 cm³/mol. The Labute approximate surface area is 581 Å². The maximum atomic E-state index is 15.8. The molecule has 5 aliphatic rings. The minimum absolute atomic E-state index is 0.0334. The molecule has 3 N–H and O–H groups in total. The second-order valence-corrected chi connectivity index (χ2v) is 29.2. The summed E-state index contributed by atoms with van der Waals surface area (Å²) in [7, 11) is 9.88. The minimum atomic E-state index is -4.76. The Morgan fingerprint density at radius 3 is 1.82 bits per heavy atom. The summed E-state index contributed by atoms with van der Waals surface area (Å²) in [5.41, 5.74) is -2.35. The molecule has 0 radical (unpaired) electrons. The zero-order valence-electron chi connectivity index (χ0n) is 59.9. The average molecular weight is 1400 g/mol. The molecule has 28 heteroatoms. The smallest absolute Gasteiger partial charge is 0.343 e. The molecule has 9 atom stereocenters. The Bertz CT molecular complexity index is 3050. The van der Waals surface area contributed by atoms with Gasteiger partial charge in [-0.3, -0.25) is 57.5 Å². The van der Waals surface area contributed by atoms with E-state index in [1.54, 1.807) is 25.7 Å². The zero-order valence-corrected chi connectivity index (χ0v) is 60.7. The summed E-state index contributed by atoms with van der Waals surface area (Å²) in [5.74, 6) is -9.39. The third kappa shape index (κ3) is 19.7. The summed E-state index contributed by atoms with van der Waals surface area (Å²) in [6, 6.07) is -5.62. The number of fused-ring (bicyclic) bond motifs is 1. The molecule has 3 saturated heterocycles. The van der Waals surface area contributed by atoms with Gasteiger partial charge in [0.2, 0.25) is 70.9 Å². The summed E-state index contributed by atoms with van der Waals surface area (Å²) in [6.07, 6.45) is 2.88. The quantitative estimate of drug-likeness (QED) is 0.248. The number of piperidine rings is 1. The van der Waals surface area contributed by atoms with E-state index in [0.717, 1.165) is 52.5 Å². The molecule has 0 unspecified atom stereocenters. The van der Waals surface area contributed by atoms with Crippen LogP contribution in [0.5, 0.6) is 0 Å². The number of nitrogens with one attached hydrogen (secondary N) is 3. The second kappa shape index (κ2) is 35.3. The second-order valence-electron chi connectivity index (χ2n) is 28.7. The van der Waals surface area contributed by atoms with Crippen molar-refractivity contribution in [2.45, 2.75) is 224 Å². The largest absolute Gasteiger partial charge is 0.417 e. The molecule has 1 spiro atoms. The standard InChI is InChI=1S/C70H108ClF3N12O12/c1-14-44(5)58-65(95)80(9)41-56(89)78(7)42-57(90)83(12)59(45(6)15-2)66(96)79(8)40-54(87)75-50(31-29-46-28-30-48(49(71)38-46)70(72,73)74)63(93)86-36-24-27-51(86)62(92)77-69(32-20-21-33-69)68(98)84(13)60(47-25-18-16-19-26-47)67(97)82(11)53(64(94)85-34-22-17-23-35-85)39-55(88)81(10)52(37-43(3)4)61(91)76-58/h28,30,38,43-45,47,50-53,58-60H,14-27,29,31-37,39-42H2,1-13H3,(H,75,87)(H,76,91)(H,77,92)/t44-,45-,50-,51-,52-,53-,58-,59-,60-/m0/s1. The molecule has 98 heavy (non-hydrogen) atoms. The van der Waals surface area contributed by atoms with E-state index in [1.165, 1.54) is 79.9 Å². The van der Waals surface area contributed by atoms with Gasteiger partial charge < -0.3 is 60.0 Å². The Hall–Kier alpha value is -7.06. The summed E-state index contributed by atoms with van der Waals surface area (Å²) in [6.45, 7) is 9.91. The normalized spacial score (nSPS) is 26.4. The van der Waals surface area contributed by atoms with Crippen molar-refractivity contribution in [1.29, 1.82) is 0 Å². The third-order valence-corrected chi connectivity index (χ3v) is 21.5. The monoisotopic (exact) mass is 1400 g/mol. The SMILES string of the molecule is CC[C@H](C)[C@@H]1NC(=O)[C@H](CC(C)C)N(C)C(=O)C[C@@H](C(=O)N2CCCCC2)N(C)C(=O)[C@H](C2CCCCC2)N(C)C(=O)C2(CCCC2)NC(=O)[C@@H]2CCCN2C(=O)[C@H](CCc2ccc(C(F)(F)F)c(Cl)c2)NC(=O)CN(C)C(=O)[C@H]([C@@H](C)CC)N(C)C(=O)CN(C)C(=O)CN(C)C1=O. The van der Waals surface area contributed by atoms with E-state index in [1.807, 2.05) is 20.8 Å². The maximum absolute atomic E-state index is 15.8. The molecule has 2 saturated carbocycles. The molecule has 12 amide bonds. The van der Waals surface area contributed by atoms with Gasteiger partial charge in [-0.05, 0) is 118 Å². The van der Waals surface area contributed by atoms with Crippen LogP contribution in [-0.4, -0.2) is 251 Å². The molecule has 5 fully saturated rings. The number of halogens is 4. The van der Waals surface area contributed by atoms with E-state index in [-0.39, 0.29) is 51.0 Å². The first-order chi connectivity index (χ1) is 46.1. The molecule has 3 heterocycles. The summed E-state index contributed by atoms with van der Waals surface area (Å²) in [4.78, 5) is 190. The number of hydrogen-bond acceptors (Lipinski definition) is 12. The number of alkyl halides is 3. The molecule has 2 aliphatic carbocycles. The third-order valence-electron chi connectivity index (χ3n) is 21.2. The van der Waals surface area contributed by atoms with Crippen molar-refractivity contribution in [3.63, 3.8) is 0 Å². The Kier molecular flexibility index (Phi) is 28.8.